The molecular formula is C14H31NO6. The highest BCUT2D eigenvalue weighted by molar-refractivity contribution is 4.36. The van der Waals surface area contributed by atoms with Crippen molar-refractivity contribution in [1.29, 1.82) is 0 Å². The maximum atomic E-state index is 5.35. The number of hydrogen-bond donors (Lipinski definition) is 1. The van der Waals surface area contributed by atoms with Gasteiger partial charge in [-0.2, -0.15) is 0 Å². The van der Waals surface area contributed by atoms with Crippen molar-refractivity contribution in [2.45, 2.75) is 6.92 Å². The maximum absolute atomic E-state index is 5.35. The minimum Gasteiger partial charge on any atom is -0.379 e. The topological polar surface area (TPSA) is 81.4 Å². The lowest BCUT2D eigenvalue weighted by atomic mass is 10.6. The first-order valence-electron chi connectivity index (χ1n) is 7.58. The summed E-state index contributed by atoms with van der Waals surface area (Å²) in [7, 11) is 0. The van der Waals surface area contributed by atoms with Gasteiger partial charge in [0, 0.05) is 13.2 Å². The third kappa shape index (κ3) is 19.7. The van der Waals surface area contributed by atoms with E-state index in [4.69, 9.17) is 34.2 Å². The van der Waals surface area contributed by atoms with Gasteiger partial charge in [0.2, 0.25) is 0 Å². The van der Waals surface area contributed by atoms with E-state index in [1.807, 2.05) is 6.92 Å². The summed E-state index contributed by atoms with van der Waals surface area (Å²) in [5.41, 5.74) is 5.28. The first kappa shape index (κ1) is 20.7. The van der Waals surface area contributed by atoms with Crippen molar-refractivity contribution < 1.29 is 28.4 Å². The molecule has 0 aromatic heterocycles. The molecule has 0 amide bonds. The lowest BCUT2D eigenvalue weighted by molar-refractivity contribution is -0.0158. The lowest BCUT2D eigenvalue weighted by Gasteiger charge is -2.07. The molecular weight excluding hydrogens is 278 g/mol. The predicted octanol–water partition coefficient (Wildman–Crippen LogP) is 0.0646. The van der Waals surface area contributed by atoms with E-state index in [9.17, 15) is 0 Å². The second-order valence-corrected chi connectivity index (χ2v) is 4.05. The molecule has 0 aliphatic heterocycles. The molecule has 0 aliphatic rings. The Morgan fingerprint density at radius 3 is 1.05 bits per heavy atom. The van der Waals surface area contributed by atoms with E-state index in [0.717, 1.165) is 6.61 Å². The van der Waals surface area contributed by atoms with Crippen LogP contribution in [0.5, 0.6) is 0 Å². The van der Waals surface area contributed by atoms with E-state index >= 15 is 0 Å². The van der Waals surface area contributed by atoms with Gasteiger partial charge in [0.1, 0.15) is 0 Å². The predicted molar refractivity (Wildman–Crippen MR) is 79.6 cm³/mol. The van der Waals surface area contributed by atoms with Gasteiger partial charge in [0.05, 0.1) is 72.7 Å². The highest BCUT2D eigenvalue weighted by Crippen LogP contribution is 1.84. The second kappa shape index (κ2) is 19.7. The van der Waals surface area contributed by atoms with Crippen LogP contribution in [0, 0.1) is 0 Å². The van der Waals surface area contributed by atoms with Gasteiger partial charge in [-0.25, -0.2) is 0 Å². The summed E-state index contributed by atoms with van der Waals surface area (Å²) < 4.78 is 31.6. The van der Waals surface area contributed by atoms with Gasteiger partial charge in [0.15, 0.2) is 0 Å². The Morgan fingerprint density at radius 1 is 0.476 bits per heavy atom. The van der Waals surface area contributed by atoms with Crippen LogP contribution in [0.4, 0.5) is 0 Å². The third-order valence-corrected chi connectivity index (χ3v) is 2.33. The van der Waals surface area contributed by atoms with E-state index in [1.54, 1.807) is 0 Å². The van der Waals surface area contributed by atoms with E-state index in [2.05, 4.69) is 0 Å². The van der Waals surface area contributed by atoms with Gasteiger partial charge in [-0.15, -0.1) is 0 Å². The number of hydrogen-bond acceptors (Lipinski definition) is 7. The minimum absolute atomic E-state index is 0.542. The average molecular weight is 309 g/mol. The third-order valence-electron chi connectivity index (χ3n) is 2.33. The molecule has 0 fully saturated rings. The highest BCUT2D eigenvalue weighted by Gasteiger charge is 1.93. The van der Waals surface area contributed by atoms with E-state index in [1.165, 1.54) is 0 Å². The van der Waals surface area contributed by atoms with Crippen molar-refractivity contribution >= 4 is 0 Å². The van der Waals surface area contributed by atoms with Gasteiger partial charge < -0.3 is 34.2 Å². The van der Waals surface area contributed by atoms with Crippen molar-refractivity contribution in [3.8, 4) is 0 Å². The first-order valence-corrected chi connectivity index (χ1v) is 7.58. The summed E-state index contributed by atoms with van der Waals surface area (Å²) in [6.45, 7) is 9.60. The second-order valence-electron chi connectivity index (χ2n) is 4.05. The van der Waals surface area contributed by atoms with Crippen LogP contribution in [-0.4, -0.2) is 85.8 Å². The van der Waals surface area contributed by atoms with Gasteiger partial charge in [-0.05, 0) is 6.92 Å². The van der Waals surface area contributed by atoms with Crippen LogP contribution in [0.2, 0.25) is 0 Å². The molecule has 0 radical (unpaired) electrons. The zero-order chi connectivity index (χ0) is 15.4. The van der Waals surface area contributed by atoms with Gasteiger partial charge >= 0.3 is 0 Å². The highest BCUT2D eigenvalue weighted by atomic mass is 16.6. The number of rotatable bonds is 18. The normalized spacial score (nSPS) is 11.1. The van der Waals surface area contributed by atoms with Crippen molar-refractivity contribution in [2.75, 3.05) is 85.8 Å². The molecule has 0 rings (SSSR count). The quantitative estimate of drug-likeness (QED) is 0.359. The van der Waals surface area contributed by atoms with E-state index in [0.29, 0.717) is 79.2 Å². The van der Waals surface area contributed by atoms with Crippen LogP contribution < -0.4 is 5.73 Å². The van der Waals surface area contributed by atoms with E-state index < -0.39 is 0 Å². The Kier molecular flexibility index (Phi) is 19.5. The molecule has 0 saturated carbocycles. The number of ether oxygens (including phenoxy) is 6. The van der Waals surface area contributed by atoms with Gasteiger partial charge in [-0.3, -0.25) is 0 Å². The smallest absolute Gasteiger partial charge is 0.0701 e. The molecule has 0 atom stereocenters. The molecule has 7 nitrogen and oxygen atoms in total. The lowest BCUT2D eigenvalue weighted by Crippen LogP contribution is -2.15. The van der Waals surface area contributed by atoms with Crippen LogP contribution in [0.1, 0.15) is 6.92 Å². The molecule has 2 N–H and O–H groups in total. The summed E-state index contributed by atoms with van der Waals surface area (Å²) in [6, 6.07) is 0. The zero-order valence-corrected chi connectivity index (χ0v) is 13.2. The molecule has 0 aliphatic carbocycles. The van der Waals surface area contributed by atoms with Crippen molar-refractivity contribution in [1.82, 2.24) is 0 Å². The molecule has 128 valence electrons. The molecule has 0 bridgehead atoms. The first-order chi connectivity index (χ1) is 10.4. The molecule has 0 heterocycles. The van der Waals surface area contributed by atoms with Crippen LogP contribution in [-0.2, 0) is 28.4 Å². The monoisotopic (exact) mass is 309 g/mol. The van der Waals surface area contributed by atoms with Crippen LogP contribution >= 0.6 is 0 Å². The summed E-state index contributed by atoms with van der Waals surface area (Å²) in [5, 5.41) is 0. The fourth-order valence-electron chi connectivity index (χ4n) is 1.33. The van der Waals surface area contributed by atoms with Crippen molar-refractivity contribution in [3.05, 3.63) is 0 Å². The molecule has 7 heteroatoms. The molecule has 0 spiro atoms. The fraction of sp³-hybridized carbons (Fsp3) is 1.00. The van der Waals surface area contributed by atoms with Gasteiger partial charge in [-0.1, -0.05) is 0 Å². The molecule has 0 aromatic carbocycles. The van der Waals surface area contributed by atoms with Crippen LogP contribution in [0.25, 0.3) is 0 Å². The molecule has 0 aromatic rings. The summed E-state index contributed by atoms with van der Waals surface area (Å²) in [4.78, 5) is 0. The largest absolute Gasteiger partial charge is 0.379 e. The van der Waals surface area contributed by atoms with Crippen molar-refractivity contribution in [2.24, 2.45) is 5.73 Å². The molecule has 0 unspecified atom stereocenters. The minimum atomic E-state index is 0.542. The number of nitrogens with two attached hydrogens (primary N) is 1. The standard InChI is InChI=1S/C14H31NO6/c1-2-16-5-6-18-9-10-20-13-14-21-12-11-19-8-7-17-4-3-15/h2-15H2,1H3. The van der Waals surface area contributed by atoms with Crippen LogP contribution in [0.3, 0.4) is 0 Å². The summed E-state index contributed by atoms with van der Waals surface area (Å²) in [6.07, 6.45) is 0. The summed E-state index contributed by atoms with van der Waals surface area (Å²) >= 11 is 0. The maximum Gasteiger partial charge on any atom is 0.0701 e. The van der Waals surface area contributed by atoms with Crippen molar-refractivity contribution in [3.63, 3.8) is 0 Å². The Balaban J connectivity index is 2.90. The average Bonchev–Trinajstić information content (AvgIpc) is 2.50. The molecule has 0 saturated heterocycles. The Labute approximate surface area is 128 Å². The summed E-state index contributed by atoms with van der Waals surface area (Å²) in [5.74, 6) is 0. The Bertz CT molecular complexity index is 167. The zero-order valence-electron chi connectivity index (χ0n) is 13.2. The SMILES string of the molecule is CCOCCOCCOCCOCCOCCOCCN. The molecule has 21 heavy (non-hydrogen) atoms. The van der Waals surface area contributed by atoms with Gasteiger partial charge in [0.25, 0.3) is 0 Å². The van der Waals surface area contributed by atoms with Crippen LogP contribution in [0.15, 0.2) is 0 Å². The fourth-order valence-corrected chi connectivity index (χ4v) is 1.33. The Morgan fingerprint density at radius 2 is 0.762 bits per heavy atom. The van der Waals surface area contributed by atoms with E-state index in [-0.39, 0.29) is 0 Å². The Hall–Kier alpha value is -0.280.